The predicted molar refractivity (Wildman–Crippen MR) is 126 cm³/mol. The Bertz CT molecular complexity index is 310. The first-order chi connectivity index (χ1) is 12.8. The first-order valence-corrected chi connectivity index (χ1v) is 12.8. The molecular weight excluding hydrogens is 324 g/mol. The van der Waals surface area contributed by atoms with E-state index in [0.717, 1.165) is 23.7 Å². The molecule has 27 heavy (non-hydrogen) atoms. The third-order valence-electron chi connectivity index (χ3n) is 7.80. The SMILES string of the molecule is CCCC(CC)CCC(C)CC.CCCCCC(C)(C)C(C)C1CCCC1. The Morgan fingerprint density at radius 3 is 1.89 bits per heavy atom. The molecule has 1 aliphatic carbocycles. The summed E-state index contributed by atoms with van der Waals surface area (Å²) in [7, 11) is 0. The Morgan fingerprint density at radius 2 is 1.41 bits per heavy atom. The third kappa shape index (κ3) is 12.2. The molecule has 0 aromatic rings. The largest absolute Gasteiger partial charge is 0.0654 e. The molecule has 3 unspecified atom stereocenters. The van der Waals surface area contributed by atoms with E-state index in [9.17, 15) is 0 Å². The molecule has 0 radical (unpaired) electrons. The van der Waals surface area contributed by atoms with Crippen LogP contribution < -0.4 is 0 Å². The second kappa shape index (κ2) is 15.9. The average molecular weight is 381 g/mol. The van der Waals surface area contributed by atoms with Gasteiger partial charge in [-0.25, -0.2) is 0 Å². The molecule has 164 valence electrons. The summed E-state index contributed by atoms with van der Waals surface area (Å²) < 4.78 is 0. The molecule has 1 saturated carbocycles. The summed E-state index contributed by atoms with van der Waals surface area (Å²) in [6, 6.07) is 0. The first-order valence-electron chi connectivity index (χ1n) is 12.8. The molecule has 0 aliphatic heterocycles. The van der Waals surface area contributed by atoms with Crippen LogP contribution in [0, 0.1) is 29.1 Å². The van der Waals surface area contributed by atoms with Gasteiger partial charge in [0.2, 0.25) is 0 Å². The fourth-order valence-corrected chi connectivity index (χ4v) is 4.84. The van der Waals surface area contributed by atoms with Crippen LogP contribution >= 0.6 is 0 Å². The molecule has 1 rings (SSSR count). The summed E-state index contributed by atoms with van der Waals surface area (Å²) in [5, 5.41) is 0. The summed E-state index contributed by atoms with van der Waals surface area (Å²) in [5.41, 5.74) is 0.574. The van der Waals surface area contributed by atoms with E-state index >= 15 is 0 Å². The standard InChI is InChI=1S/C15H30.C12H26/c1-5-6-9-12-15(3,4)13(2)14-10-7-8-11-14;1-5-8-12(7-3)10-9-11(4)6-2/h13-14H,5-12H2,1-4H3;11-12H,5-10H2,1-4H3. The van der Waals surface area contributed by atoms with Gasteiger partial charge in [0, 0.05) is 0 Å². The molecule has 0 spiro atoms. The van der Waals surface area contributed by atoms with Crippen molar-refractivity contribution >= 4 is 0 Å². The van der Waals surface area contributed by atoms with Gasteiger partial charge < -0.3 is 0 Å². The molecule has 1 aliphatic rings. The maximum absolute atomic E-state index is 2.50. The molecule has 0 amide bonds. The van der Waals surface area contributed by atoms with Gasteiger partial charge in [0.25, 0.3) is 0 Å². The lowest BCUT2D eigenvalue weighted by atomic mass is 9.69. The lowest BCUT2D eigenvalue weighted by Gasteiger charge is -2.36. The van der Waals surface area contributed by atoms with Gasteiger partial charge in [0.05, 0.1) is 0 Å². The van der Waals surface area contributed by atoms with E-state index in [1.165, 1.54) is 89.9 Å². The minimum atomic E-state index is 0.574. The fourth-order valence-electron chi connectivity index (χ4n) is 4.84. The van der Waals surface area contributed by atoms with Gasteiger partial charge in [0.1, 0.15) is 0 Å². The Morgan fingerprint density at radius 1 is 0.778 bits per heavy atom. The van der Waals surface area contributed by atoms with Crippen LogP contribution in [-0.4, -0.2) is 0 Å². The monoisotopic (exact) mass is 380 g/mol. The van der Waals surface area contributed by atoms with Gasteiger partial charge in [-0.1, -0.05) is 139 Å². The van der Waals surface area contributed by atoms with E-state index in [-0.39, 0.29) is 0 Å². The summed E-state index contributed by atoms with van der Waals surface area (Å²) >= 11 is 0. The van der Waals surface area contributed by atoms with Crippen LogP contribution in [0.3, 0.4) is 0 Å². The topological polar surface area (TPSA) is 0 Å². The summed E-state index contributed by atoms with van der Waals surface area (Å²) in [6.45, 7) is 19.1. The normalized spacial score (nSPS) is 18.7. The van der Waals surface area contributed by atoms with Gasteiger partial charge in [-0.15, -0.1) is 0 Å². The molecule has 0 aromatic heterocycles. The molecule has 3 atom stereocenters. The van der Waals surface area contributed by atoms with E-state index < -0.39 is 0 Å². The quantitative estimate of drug-likeness (QED) is 0.279. The predicted octanol–water partition coefficient (Wildman–Crippen LogP) is 10.1. The van der Waals surface area contributed by atoms with Gasteiger partial charge >= 0.3 is 0 Å². The number of hydrogen-bond donors (Lipinski definition) is 0. The van der Waals surface area contributed by atoms with Gasteiger partial charge in [-0.05, 0) is 35.5 Å². The third-order valence-corrected chi connectivity index (χ3v) is 7.80. The fraction of sp³-hybridized carbons (Fsp3) is 1.00. The molecule has 0 heteroatoms. The highest BCUT2D eigenvalue weighted by Crippen LogP contribution is 2.43. The summed E-state index contributed by atoms with van der Waals surface area (Å²) in [6.07, 6.45) is 20.0. The van der Waals surface area contributed by atoms with E-state index in [2.05, 4.69) is 55.4 Å². The van der Waals surface area contributed by atoms with E-state index in [1.54, 1.807) is 0 Å². The van der Waals surface area contributed by atoms with Crippen molar-refractivity contribution in [1.29, 1.82) is 0 Å². The molecule has 0 heterocycles. The zero-order valence-electron chi connectivity index (χ0n) is 20.7. The van der Waals surface area contributed by atoms with Crippen molar-refractivity contribution in [1.82, 2.24) is 0 Å². The van der Waals surface area contributed by atoms with Crippen LogP contribution in [0.1, 0.15) is 145 Å². The molecule has 1 fully saturated rings. The minimum Gasteiger partial charge on any atom is -0.0654 e. The molecule has 0 N–H and O–H groups in total. The van der Waals surface area contributed by atoms with Crippen LogP contribution in [-0.2, 0) is 0 Å². The summed E-state index contributed by atoms with van der Waals surface area (Å²) in [5.74, 6) is 3.90. The Balaban J connectivity index is 0.000000516. The zero-order chi connectivity index (χ0) is 20.7. The maximum Gasteiger partial charge on any atom is -0.0326 e. The van der Waals surface area contributed by atoms with E-state index in [0.29, 0.717) is 5.41 Å². The number of hydrogen-bond acceptors (Lipinski definition) is 0. The Kier molecular flexibility index (Phi) is 15.9. The van der Waals surface area contributed by atoms with Crippen LogP contribution in [0.2, 0.25) is 0 Å². The highest BCUT2D eigenvalue weighted by molar-refractivity contribution is 4.83. The van der Waals surface area contributed by atoms with Crippen LogP contribution in [0.15, 0.2) is 0 Å². The zero-order valence-corrected chi connectivity index (χ0v) is 20.7. The second-order valence-corrected chi connectivity index (χ2v) is 10.4. The average Bonchev–Trinajstić information content (AvgIpc) is 3.19. The van der Waals surface area contributed by atoms with Crippen LogP contribution in [0.4, 0.5) is 0 Å². The maximum atomic E-state index is 2.50. The molecule has 0 aromatic carbocycles. The number of unbranched alkanes of at least 4 members (excludes halogenated alkanes) is 2. The molecule has 0 nitrogen and oxygen atoms in total. The van der Waals surface area contributed by atoms with E-state index in [1.807, 2.05) is 0 Å². The highest BCUT2D eigenvalue weighted by Gasteiger charge is 2.32. The molecule has 0 bridgehead atoms. The first kappa shape index (κ1) is 27.0. The Hall–Kier alpha value is 0. The Labute approximate surface area is 174 Å². The molecule has 0 saturated heterocycles. The van der Waals surface area contributed by atoms with Gasteiger partial charge in [-0.2, -0.15) is 0 Å². The van der Waals surface area contributed by atoms with Crippen molar-refractivity contribution in [2.24, 2.45) is 29.1 Å². The van der Waals surface area contributed by atoms with Crippen molar-refractivity contribution in [3.05, 3.63) is 0 Å². The van der Waals surface area contributed by atoms with Crippen molar-refractivity contribution in [3.63, 3.8) is 0 Å². The van der Waals surface area contributed by atoms with Crippen molar-refractivity contribution in [3.8, 4) is 0 Å². The highest BCUT2D eigenvalue weighted by atomic mass is 14.4. The van der Waals surface area contributed by atoms with Crippen molar-refractivity contribution < 1.29 is 0 Å². The van der Waals surface area contributed by atoms with Crippen LogP contribution in [0.5, 0.6) is 0 Å². The lowest BCUT2D eigenvalue weighted by molar-refractivity contribution is 0.141. The number of rotatable bonds is 13. The van der Waals surface area contributed by atoms with Gasteiger partial charge in [0.15, 0.2) is 0 Å². The lowest BCUT2D eigenvalue weighted by Crippen LogP contribution is -2.27. The van der Waals surface area contributed by atoms with Crippen molar-refractivity contribution in [2.75, 3.05) is 0 Å². The summed E-state index contributed by atoms with van der Waals surface area (Å²) in [4.78, 5) is 0. The minimum absolute atomic E-state index is 0.574. The van der Waals surface area contributed by atoms with E-state index in [4.69, 9.17) is 0 Å². The molecular formula is C27H56. The second-order valence-electron chi connectivity index (χ2n) is 10.4. The van der Waals surface area contributed by atoms with Crippen LogP contribution in [0.25, 0.3) is 0 Å². The smallest absolute Gasteiger partial charge is 0.0326 e. The van der Waals surface area contributed by atoms with Crippen molar-refractivity contribution in [2.45, 2.75) is 145 Å². The van der Waals surface area contributed by atoms with Gasteiger partial charge in [-0.3, -0.25) is 0 Å².